The van der Waals surface area contributed by atoms with E-state index in [0.717, 1.165) is 51.3 Å². The number of benzene rings is 3. The Balaban J connectivity index is 1.48. The molecule has 1 aromatic heterocycles. The number of hydrogen-bond donors (Lipinski definition) is 1. The van der Waals surface area contributed by atoms with Gasteiger partial charge in [0.1, 0.15) is 17.7 Å². The summed E-state index contributed by atoms with van der Waals surface area (Å²) in [6.45, 7) is 6.81. The van der Waals surface area contributed by atoms with Crippen LogP contribution in [0, 0.1) is 19.7 Å². The highest BCUT2D eigenvalue weighted by atomic mass is 19.1. The second kappa shape index (κ2) is 10.0. The average Bonchev–Trinajstić information content (AvgIpc) is 3.46. The molecular formula is C29H30FN3O3. The van der Waals surface area contributed by atoms with Crippen LogP contribution < -0.4 is 14.8 Å². The van der Waals surface area contributed by atoms with Crippen molar-refractivity contribution >= 4 is 16.9 Å². The fourth-order valence-corrected chi connectivity index (χ4v) is 4.67. The molecule has 1 N–H and O–H groups in total. The zero-order valence-corrected chi connectivity index (χ0v) is 20.8. The van der Waals surface area contributed by atoms with Gasteiger partial charge in [-0.2, -0.15) is 0 Å². The van der Waals surface area contributed by atoms with Crippen LogP contribution in [-0.2, 0) is 17.8 Å². The minimum Gasteiger partial charge on any atom is -0.454 e. The van der Waals surface area contributed by atoms with Crippen molar-refractivity contribution in [2.45, 2.75) is 52.6 Å². The molecule has 1 aliphatic heterocycles. The Morgan fingerprint density at radius 3 is 2.53 bits per heavy atom. The Bertz CT molecular complexity index is 1410. The topological polar surface area (TPSA) is 65.4 Å². The van der Waals surface area contributed by atoms with E-state index in [1.165, 1.54) is 12.1 Å². The van der Waals surface area contributed by atoms with E-state index >= 15 is 0 Å². The summed E-state index contributed by atoms with van der Waals surface area (Å²) in [4.78, 5) is 18.6. The molecule has 5 rings (SSSR count). The van der Waals surface area contributed by atoms with Gasteiger partial charge in [-0.05, 0) is 78.9 Å². The van der Waals surface area contributed by atoms with Crippen LogP contribution in [-0.4, -0.2) is 22.3 Å². The standard InChI is InChI=1S/C29H30FN3O3/c1-4-5-24(29(34)31-16-21-8-11-26-27(14-21)36-17-35-26)33-25-13-19(3)18(2)12-23(25)32-28(33)15-20-6-9-22(30)10-7-20/h6-14,24H,4-5,15-17H2,1-3H3,(H,31,34)/t24-/m1/s1. The van der Waals surface area contributed by atoms with E-state index < -0.39 is 6.04 Å². The molecule has 1 aliphatic rings. The first-order valence-electron chi connectivity index (χ1n) is 12.3. The molecule has 186 valence electrons. The highest BCUT2D eigenvalue weighted by molar-refractivity contribution is 5.85. The summed E-state index contributed by atoms with van der Waals surface area (Å²) in [6, 6.07) is 15.9. The Morgan fingerprint density at radius 1 is 1.03 bits per heavy atom. The number of imidazole rings is 1. The number of carbonyl (C=O) groups excluding carboxylic acids is 1. The number of ether oxygens (including phenoxy) is 2. The van der Waals surface area contributed by atoms with E-state index in [9.17, 15) is 9.18 Å². The third-order valence-electron chi connectivity index (χ3n) is 6.73. The molecule has 1 amide bonds. The molecule has 36 heavy (non-hydrogen) atoms. The number of amides is 1. The minimum atomic E-state index is -0.424. The molecule has 1 atom stereocenters. The van der Waals surface area contributed by atoms with Crippen molar-refractivity contribution in [3.8, 4) is 11.5 Å². The Labute approximate surface area is 210 Å². The number of rotatable bonds is 8. The number of fused-ring (bicyclic) bond motifs is 2. The number of nitrogens with zero attached hydrogens (tertiary/aromatic N) is 2. The summed E-state index contributed by atoms with van der Waals surface area (Å²) < 4.78 is 26.4. The van der Waals surface area contributed by atoms with Crippen molar-refractivity contribution < 1.29 is 18.7 Å². The Hall–Kier alpha value is -3.87. The highest BCUT2D eigenvalue weighted by Gasteiger charge is 2.26. The molecule has 0 unspecified atom stereocenters. The lowest BCUT2D eigenvalue weighted by Gasteiger charge is -2.21. The first-order chi connectivity index (χ1) is 17.4. The minimum absolute atomic E-state index is 0.0626. The van der Waals surface area contributed by atoms with Crippen molar-refractivity contribution in [3.63, 3.8) is 0 Å². The number of aryl methyl sites for hydroxylation is 2. The van der Waals surface area contributed by atoms with Crippen molar-refractivity contribution in [2.24, 2.45) is 0 Å². The predicted molar refractivity (Wildman–Crippen MR) is 137 cm³/mol. The molecule has 2 heterocycles. The van der Waals surface area contributed by atoms with Crippen LogP contribution in [0.25, 0.3) is 11.0 Å². The monoisotopic (exact) mass is 487 g/mol. The Kier molecular flexibility index (Phi) is 6.63. The number of halogens is 1. The summed E-state index contributed by atoms with van der Waals surface area (Å²) in [5, 5.41) is 3.12. The van der Waals surface area contributed by atoms with E-state index in [-0.39, 0.29) is 18.5 Å². The third kappa shape index (κ3) is 4.78. The molecule has 0 bridgehead atoms. The third-order valence-corrected chi connectivity index (χ3v) is 6.73. The van der Waals surface area contributed by atoms with Crippen LogP contribution in [0.5, 0.6) is 11.5 Å². The van der Waals surface area contributed by atoms with Gasteiger partial charge in [-0.3, -0.25) is 4.79 Å². The van der Waals surface area contributed by atoms with E-state index in [1.54, 1.807) is 12.1 Å². The summed E-state index contributed by atoms with van der Waals surface area (Å²) in [5.74, 6) is 1.87. The summed E-state index contributed by atoms with van der Waals surface area (Å²) >= 11 is 0. The molecule has 0 radical (unpaired) electrons. The van der Waals surface area contributed by atoms with Crippen LogP contribution in [0.3, 0.4) is 0 Å². The molecule has 4 aromatic rings. The number of hydrogen-bond acceptors (Lipinski definition) is 4. The molecule has 7 heteroatoms. The molecule has 0 saturated carbocycles. The SMILES string of the molecule is CCC[C@H](C(=O)NCc1ccc2c(c1)OCO2)n1c(Cc2ccc(F)cc2)nc2cc(C)c(C)cc21. The van der Waals surface area contributed by atoms with E-state index in [0.29, 0.717) is 25.1 Å². The van der Waals surface area contributed by atoms with E-state index in [2.05, 4.69) is 42.8 Å². The number of nitrogens with one attached hydrogen (secondary N) is 1. The summed E-state index contributed by atoms with van der Waals surface area (Å²) in [6.07, 6.45) is 2.01. The fraction of sp³-hybridized carbons (Fsp3) is 0.310. The van der Waals surface area contributed by atoms with Crippen LogP contribution in [0.1, 0.15) is 53.9 Å². The van der Waals surface area contributed by atoms with Gasteiger partial charge in [0.15, 0.2) is 11.5 Å². The maximum Gasteiger partial charge on any atom is 0.243 e. The zero-order chi connectivity index (χ0) is 25.2. The van der Waals surface area contributed by atoms with Gasteiger partial charge in [-0.15, -0.1) is 0 Å². The lowest BCUT2D eigenvalue weighted by Crippen LogP contribution is -2.33. The van der Waals surface area contributed by atoms with Gasteiger partial charge in [-0.25, -0.2) is 9.37 Å². The lowest BCUT2D eigenvalue weighted by molar-refractivity contribution is -0.124. The molecule has 3 aromatic carbocycles. The van der Waals surface area contributed by atoms with Gasteiger partial charge in [-0.1, -0.05) is 31.5 Å². The molecule has 0 saturated heterocycles. The fourth-order valence-electron chi connectivity index (χ4n) is 4.67. The molecule has 6 nitrogen and oxygen atoms in total. The number of aromatic nitrogens is 2. The number of carbonyl (C=O) groups is 1. The summed E-state index contributed by atoms with van der Waals surface area (Å²) in [7, 11) is 0. The van der Waals surface area contributed by atoms with Gasteiger partial charge in [0.05, 0.1) is 11.0 Å². The van der Waals surface area contributed by atoms with Crippen molar-refractivity contribution in [1.82, 2.24) is 14.9 Å². The second-order valence-corrected chi connectivity index (χ2v) is 9.34. The maximum absolute atomic E-state index is 13.6. The molecule has 0 spiro atoms. The highest BCUT2D eigenvalue weighted by Crippen LogP contribution is 2.33. The van der Waals surface area contributed by atoms with E-state index in [4.69, 9.17) is 14.5 Å². The predicted octanol–water partition coefficient (Wildman–Crippen LogP) is 5.77. The van der Waals surface area contributed by atoms with Gasteiger partial charge < -0.3 is 19.4 Å². The van der Waals surface area contributed by atoms with E-state index in [1.807, 2.05) is 18.2 Å². The normalized spacial score (nSPS) is 13.2. The first kappa shape index (κ1) is 23.9. The zero-order valence-electron chi connectivity index (χ0n) is 20.8. The average molecular weight is 488 g/mol. The van der Waals surface area contributed by atoms with Gasteiger partial charge in [0.2, 0.25) is 12.7 Å². The van der Waals surface area contributed by atoms with Crippen LogP contribution >= 0.6 is 0 Å². The van der Waals surface area contributed by atoms with Gasteiger partial charge in [0.25, 0.3) is 0 Å². The van der Waals surface area contributed by atoms with Gasteiger partial charge in [0, 0.05) is 13.0 Å². The Morgan fingerprint density at radius 2 is 1.75 bits per heavy atom. The van der Waals surface area contributed by atoms with Crippen molar-refractivity contribution in [2.75, 3.05) is 6.79 Å². The lowest BCUT2D eigenvalue weighted by atomic mass is 10.1. The largest absolute Gasteiger partial charge is 0.454 e. The smallest absolute Gasteiger partial charge is 0.243 e. The van der Waals surface area contributed by atoms with Crippen LogP contribution in [0.2, 0.25) is 0 Å². The van der Waals surface area contributed by atoms with Crippen molar-refractivity contribution in [1.29, 1.82) is 0 Å². The first-order valence-corrected chi connectivity index (χ1v) is 12.3. The summed E-state index contributed by atoms with van der Waals surface area (Å²) in [5.41, 5.74) is 5.98. The maximum atomic E-state index is 13.6. The van der Waals surface area contributed by atoms with Gasteiger partial charge >= 0.3 is 0 Å². The van der Waals surface area contributed by atoms with Crippen molar-refractivity contribution in [3.05, 3.63) is 88.5 Å². The second-order valence-electron chi connectivity index (χ2n) is 9.34. The molecule has 0 fully saturated rings. The van der Waals surface area contributed by atoms with Crippen LogP contribution in [0.4, 0.5) is 4.39 Å². The van der Waals surface area contributed by atoms with Crippen LogP contribution in [0.15, 0.2) is 54.6 Å². The molecular weight excluding hydrogens is 457 g/mol. The quantitative estimate of drug-likeness (QED) is 0.343. The molecule has 0 aliphatic carbocycles.